The number of rotatable bonds is 3. The van der Waals surface area contributed by atoms with E-state index in [9.17, 15) is 0 Å². The number of nitrogen functional groups attached to an aromatic ring is 1. The molecular formula is C12H17NO2S. The second-order valence-electron chi connectivity index (χ2n) is 4.05. The van der Waals surface area contributed by atoms with E-state index in [-0.39, 0.29) is 0 Å². The zero-order valence-electron chi connectivity index (χ0n) is 9.66. The van der Waals surface area contributed by atoms with Gasteiger partial charge in [0.1, 0.15) is 13.2 Å². The summed E-state index contributed by atoms with van der Waals surface area (Å²) in [6.45, 7) is 5.58. The van der Waals surface area contributed by atoms with Crippen LogP contribution in [0, 0.1) is 0 Å². The maximum absolute atomic E-state index is 5.98. The SMILES string of the molecule is CC(C)SCc1cc2c(cc1N)OCCO2. The topological polar surface area (TPSA) is 44.5 Å². The van der Waals surface area contributed by atoms with E-state index in [2.05, 4.69) is 13.8 Å². The minimum Gasteiger partial charge on any atom is -0.486 e. The average Bonchev–Trinajstić information content (AvgIpc) is 2.26. The van der Waals surface area contributed by atoms with Crippen LogP contribution in [0.5, 0.6) is 11.5 Å². The van der Waals surface area contributed by atoms with E-state index >= 15 is 0 Å². The van der Waals surface area contributed by atoms with E-state index in [4.69, 9.17) is 15.2 Å². The molecule has 0 saturated carbocycles. The molecule has 1 heterocycles. The van der Waals surface area contributed by atoms with E-state index in [1.807, 2.05) is 23.9 Å². The van der Waals surface area contributed by atoms with Crippen LogP contribution in [0.1, 0.15) is 19.4 Å². The normalized spacial score (nSPS) is 14.2. The molecule has 1 aliphatic heterocycles. The highest BCUT2D eigenvalue weighted by Gasteiger charge is 2.14. The Morgan fingerprint density at radius 3 is 2.50 bits per heavy atom. The zero-order chi connectivity index (χ0) is 11.5. The molecule has 0 atom stereocenters. The van der Waals surface area contributed by atoms with Crippen molar-refractivity contribution in [2.24, 2.45) is 0 Å². The predicted molar refractivity (Wildman–Crippen MR) is 68.3 cm³/mol. The maximum Gasteiger partial charge on any atom is 0.163 e. The Labute approximate surface area is 100 Å². The van der Waals surface area contributed by atoms with Crippen LogP contribution < -0.4 is 15.2 Å². The van der Waals surface area contributed by atoms with Gasteiger partial charge in [-0.05, 0) is 16.9 Å². The summed E-state index contributed by atoms with van der Waals surface area (Å²) in [5, 5.41) is 0.604. The quantitative estimate of drug-likeness (QED) is 0.824. The summed E-state index contributed by atoms with van der Waals surface area (Å²) in [6, 6.07) is 3.86. The second-order valence-corrected chi connectivity index (χ2v) is 5.62. The fourth-order valence-electron chi connectivity index (χ4n) is 1.53. The molecular weight excluding hydrogens is 222 g/mol. The highest BCUT2D eigenvalue weighted by atomic mass is 32.2. The average molecular weight is 239 g/mol. The molecule has 3 nitrogen and oxygen atoms in total. The molecule has 16 heavy (non-hydrogen) atoms. The monoisotopic (exact) mass is 239 g/mol. The van der Waals surface area contributed by atoms with Gasteiger partial charge in [-0.15, -0.1) is 0 Å². The van der Waals surface area contributed by atoms with Gasteiger partial charge in [-0.1, -0.05) is 13.8 Å². The van der Waals surface area contributed by atoms with Gasteiger partial charge in [0.05, 0.1) is 0 Å². The van der Waals surface area contributed by atoms with Crippen LogP contribution in [-0.2, 0) is 5.75 Å². The predicted octanol–water partition coefficient (Wildman–Crippen LogP) is 2.68. The molecule has 4 heteroatoms. The molecule has 1 aromatic rings. The lowest BCUT2D eigenvalue weighted by Crippen LogP contribution is -2.16. The molecule has 0 unspecified atom stereocenters. The van der Waals surface area contributed by atoms with E-state index in [1.165, 1.54) is 0 Å². The summed E-state index contributed by atoms with van der Waals surface area (Å²) in [7, 11) is 0. The third-order valence-corrected chi connectivity index (χ3v) is 3.52. The number of fused-ring (bicyclic) bond motifs is 1. The van der Waals surface area contributed by atoms with Crippen molar-refractivity contribution in [2.75, 3.05) is 18.9 Å². The summed E-state index contributed by atoms with van der Waals surface area (Å²) in [4.78, 5) is 0. The van der Waals surface area contributed by atoms with Crippen molar-refractivity contribution >= 4 is 17.4 Å². The summed E-state index contributed by atoms with van der Waals surface area (Å²) >= 11 is 1.87. The Morgan fingerprint density at radius 2 is 1.88 bits per heavy atom. The van der Waals surface area contributed by atoms with Crippen molar-refractivity contribution in [2.45, 2.75) is 24.9 Å². The van der Waals surface area contributed by atoms with Crippen molar-refractivity contribution < 1.29 is 9.47 Å². The molecule has 0 bridgehead atoms. The molecule has 0 aromatic heterocycles. The fraction of sp³-hybridized carbons (Fsp3) is 0.500. The van der Waals surface area contributed by atoms with Crippen LogP contribution in [0.15, 0.2) is 12.1 Å². The first-order valence-electron chi connectivity index (χ1n) is 5.46. The smallest absolute Gasteiger partial charge is 0.163 e. The zero-order valence-corrected chi connectivity index (χ0v) is 10.5. The highest BCUT2D eigenvalue weighted by molar-refractivity contribution is 7.99. The number of ether oxygens (including phenoxy) is 2. The third-order valence-electron chi connectivity index (χ3n) is 2.38. The van der Waals surface area contributed by atoms with Crippen LogP contribution in [0.4, 0.5) is 5.69 Å². The summed E-state index contributed by atoms with van der Waals surface area (Å²) < 4.78 is 11.0. The number of hydrogen-bond acceptors (Lipinski definition) is 4. The molecule has 1 aliphatic rings. The van der Waals surface area contributed by atoms with E-state index in [0.717, 1.165) is 28.5 Å². The molecule has 2 N–H and O–H groups in total. The summed E-state index contributed by atoms with van der Waals surface area (Å²) in [5.74, 6) is 2.50. The standard InChI is InChI=1S/C12H17NO2S/c1-8(2)16-7-9-5-11-12(6-10(9)13)15-4-3-14-11/h5-6,8H,3-4,7,13H2,1-2H3. The van der Waals surface area contributed by atoms with Crippen LogP contribution in [-0.4, -0.2) is 18.5 Å². The lowest BCUT2D eigenvalue weighted by Gasteiger charge is -2.20. The van der Waals surface area contributed by atoms with Gasteiger partial charge in [0.2, 0.25) is 0 Å². The van der Waals surface area contributed by atoms with Gasteiger partial charge in [-0.3, -0.25) is 0 Å². The second kappa shape index (κ2) is 4.87. The molecule has 0 amide bonds. The molecule has 0 fully saturated rings. The van der Waals surface area contributed by atoms with Crippen LogP contribution in [0.25, 0.3) is 0 Å². The molecule has 0 aliphatic carbocycles. The molecule has 1 aromatic carbocycles. The molecule has 2 rings (SSSR count). The van der Waals surface area contributed by atoms with Gasteiger partial charge in [-0.2, -0.15) is 11.8 Å². The minimum absolute atomic E-state index is 0.604. The number of thioether (sulfide) groups is 1. The molecule has 88 valence electrons. The number of benzene rings is 1. The number of nitrogens with two attached hydrogens (primary N) is 1. The van der Waals surface area contributed by atoms with Crippen molar-refractivity contribution in [1.29, 1.82) is 0 Å². The number of hydrogen-bond donors (Lipinski definition) is 1. The Morgan fingerprint density at radius 1 is 1.25 bits per heavy atom. The van der Waals surface area contributed by atoms with Gasteiger partial charge < -0.3 is 15.2 Å². The first kappa shape index (κ1) is 11.5. The van der Waals surface area contributed by atoms with Crippen LogP contribution >= 0.6 is 11.8 Å². The van der Waals surface area contributed by atoms with E-state index < -0.39 is 0 Å². The molecule has 0 saturated heterocycles. The maximum atomic E-state index is 5.98. The van der Waals surface area contributed by atoms with Gasteiger partial charge in [0, 0.05) is 17.5 Å². The first-order chi connectivity index (χ1) is 7.66. The Balaban J connectivity index is 2.18. The van der Waals surface area contributed by atoms with Crippen LogP contribution in [0.2, 0.25) is 0 Å². The third kappa shape index (κ3) is 2.55. The van der Waals surface area contributed by atoms with Gasteiger partial charge in [0.25, 0.3) is 0 Å². The number of anilines is 1. The fourth-order valence-corrected chi connectivity index (χ4v) is 2.29. The largest absolute Gasteiger partial charge is 0.486 e. The van der Waals surface area contributed by atoms with Crippen LogP contribution in [0.3, 0.4) is 0 Å². The molecule has 0 radical (unpaired) electrons. The lowest BCUT2D eigenvalue weighted by molar-refractivity contribution is 0.171. The van der Waals surface area contributed by atoms with Gasteiger partial charge in [0.15, 0.2) is 11.5 Å². The molecule has 0 spiro atoms. The Hall–Kier alpha value is -1.03. The van der Waals surface area contributed by atoms with Crippen molar-refractivity contribution in [1.82, 2.24) is 0 Å². The Kier molecular flexibility index (Phi) is 3.49. The highest BCUT2D eigenvalue weighted by Crippen LogP contribution is 2.36. The van der Waals surface area contributed by atoms with Gasteiger partial charge >= 0.3 is 0 Å². The van der Waals surface area contributed by atoms with Gasteiger partial charge in [-0.25, -0.2) is 0 Å². The van der Waals surface area contributed by atoms with Crippen molar-refractivity contribution in [3.8, 4) is 11.5 Å². The van der Waals surface area contributed by atoms with Crippen molar-refractivity contribution in [3.05, 3.63) is 17.7 Å². The lowest BCUT2D eigenvalue weighted by atomic mass is 10.2. The summed E-state index contributed by atoms with van der Waals surface area (Å²) in [6.07, 6.45) is 0. The summed E-state index contributed by atoms with van der Waals surface area (Å²) in [5.41, 5.74) is 7.90. The Bertz CT molecular complexity index is 380. The van der Waals surface area contributed by atoms with E-state index in [0.29, 0.717) is 18.5 Å². The van der Waals surface area contributed by atoms with E-state index in [1.54, 1.807) is 0 Å². The van der Waals surface area contributed by atoms with Crippen molar-refractivity contribution in [3.63, 3.8) is 0 Å². The minimum atomic E-state index is 0.604. The first-order valence-corrected chi connectivity index (χ1v) is 6.51.